The summed E-state index contributed by atoms with van der Waals surface area (Å²) >= 11 is 0. The average Bonchev–Trinajstić information content (AvgIpc) is 2.75. The van der Waals surface area contributed by atoms with Gasteiger partial charge in [0.25, 0.3) is 0 Å². The van der Waals surface area contributed by atoms with Crippen LogP contribution in [-0.4, -0.2) is 22.3 Å². The fraction of sp³-hybridized carbons (Fsp3) is 0.455. The molecule has 0 spiro atoms. The molecule has 1 N–H and O–H groups in total. The first kappa shape index (κ1) is 9.96. The molecule has 1 fully saturated rings. The second kappa shape index (κ2) is 3.88. The van der Waals surface area contributed by atoms with Crippen LogP contribution in [0, 0.1) is 0 Å². The van der Waals surface area contributed by atoms with Crippen LogP contribution in [0.1, 0.15) is 30.3 Å². The van der Waals surface area contributed by atoms with E-state index < -0.39 is 0 Å². The molecule has 0 bridgehead atoms. The number of ketones is 1. The maximum absolute atomic E-state index is 11.3. The van der Waals surface area contributed by atoms with E-state index in [0.29, 0.717) is 18.7 Å². The summed E-state index contributed by atoms with van der Waals surface area (Å²) in [7, 11) is 0. The predicted molar refractivity (Wildman–Crippen MR) is 55.6 cm³/mol. The normalized spacial score (nSPS) is 20.3. The van der Waals surface area contributed by atoms with Gasteiger partial charge in [0.2, 0.25) is 5.91 Å². The Labute approximate surface area is 88.3 Å². The van der Waals surface area contributed by atoms with Gasteiger partial charge in [-0.3, -0.25) is 9.59 Å². The van der Waals surface area contributed by atoms with E-state index in [1.807, 2.05) is 16.8 Å². The van der Waals surface area contributed by atoms with Crippen LogP contribution >= 0.6 is 0 Å². The molecule has 0 saturated carbocycles. The zero-order valence-corrected chi connectivity index (χ0v) is 8.69. The van der Waals surface area contributed by atoms with Crippen LogP contribution < -0.4 is 5.32 Å². The van der Waals surface area contributed by atoms with Crippen molar-refractivity contribution in [3.63, 3.8) is 0 Å². The SMILES string of the molecule is CC(=O)c1cccn1CC1CCC(=O)N1. The van der Waals surface area contributed by atoms with Gasteiger partial charge in [0.1, 0.15) is 0 Å². The summed E-state index contributed by atoms with van der Waals surface area (Å²) in [5.41, 5.74) is 0.705. The summed E-state index contributed by atoms with van der Waals surface area (Å²) in [6.45, 7) is 2.24. The van der Waals surface area contributed by atoms with Crippen LogP contribution in [0.3, 0.4) is 0 Å². The number of carbonyl (C=O) groups is 2. The minimum absolute atomic E-state index is 0.0596. The minimum Gasteiger partial charge on any atom is -0.352 e. The fourth-order valence-electron chi connectivity index (χ4n) is 1.94. The molecule has 1 saturated heterocycles. The Balaban J connectivity index is 2.07. The van der Waals surface area contributed by atoms with E-state index >= 15 is 0 Å². The smallest absolute Gasteiger partial charge is 0.220 e. The molecule has 1 aliphatic heterocycles. The number of Topliss-reactive ketones (excluding diaryl/α,β-unsaturated/α-hetero) is 1. The van der Waals surface area contributed by atoms with Gasteiger partial charge < -0.3 is 9.88 Å². The number of nitrogens with one attached hydrogen (secondary N) is 1. The molecule has 1 atom stereocenters. The van der Waals surface area contributed by atoms with Crippen LogP contribution in [0.15, 0.2) is 18.3 Å². The molecule has 1 unspecified atom stereocenters. The highest BCUT2D eigenvalue weighted by molar-refractivity contribution is 5.92. The zero-order valence-electron chi connectivity index (χ0n) is 8.69. The molecule has 1 aliphatic rings. The van der Waals surface area contributed by atoms with Crippen molar-refractivity contribution in [1.29, 1.82) is 0 Å². The molecular weight excluding hydrogens is 192 g/mol. The molecular formula is C11H14N2O2. The monoisotopic (exact) mass is 206 g/mol. The van der Waals surface area contributed by atoms with Crippen molar-refractivity contribution >= 4 is 11.7 Å². The molecule has 4 heteroatoms. The number of carbonyl (C=O) groups excluding carboxylic acids is 2. The van der Waals surface area contributed by atoms with E-state index in [9.17, 15) is 9.59 Å². The molecule has 1 aromatic rings. The lowest BCUT2D eigenvalue weighted by molar-refractivity contribution is -0.119. The number of aromatic nitrogens is 1. The highest BCUT2D eigenvalue weighted by atomic mass is 16.2. The maximum Gasteiger partial charge on any atom is 0.220 e. The van der Waals surface area contributed by atoms with Gasteiger partial charge in [0.05, 0.1) is 5.69 Å². The fourth-order valence-corrected chi connectivity index (χ4v) is 1.94. The topological polar surface area (TPSA) is 51.1 Å². The van der Waals surface area contributed by atoms with Crippen LogP contribution in [0.25, 0.3) is 0 Å². The van der Waals surface area contributed by atoms with Crippen molar-refractivity contribution in [2.75, 3.05) is 0 Å². The zero-order chi connectivity index (χ0) is 10.8. The quantitative estimate of drug-likeness (QED) is 0.749. The molecule has 15 heavy (non-hydrogen) atoms. The van der Waals surface area contributed by atoms with E-state index in [-0.39, 0.29) is 17.7 Å². The molecule has 2 heterocycles. The highest BCUT2D eigenvalue weighted by Crippen LogP contribution is 2.11. The van der Waals surface area contributed by atoms with Crippen molar-refractivity contribution in [3.05, 3.63) is 24.0 Å². The second-order valence-electron chi connectivity index (χ2n) is 3.91. The van der Waals surface area contributed by atoms with Gasteiger partial charge in [-0.05, 0) is 18.6 Å². The Morgan fingerprint density at radius 3 is 3.07 bits per heavy atom. The van der Waals surface area contributed by atoms with Gasteiger partial charge in [0.15, 0.2) is 5.78 Å². The molecule has 80 valence electrons. The predicted octanol–water partition coefficient (Wildman–Crippen LogP) is 0.969. The number of hydrogen-bond donors (Lipinski definition) is 1. The third-order valence-corrected chi connectivity index (χ3v) is 2.69. The van der Waals surface area contributed by atoms with Gasteiger partial charge in [-0.25, -0.2) is 0 Å². The Hall–Kier alpha value is -1.58. The third-order valence-electron chi connectivity index (χ3n) is 2.69. The maximum atomic E-state index is 11.3. The first-order chi connectivity index (χ1) is 7.16. The van der Waals surface area contributed by atoms with E-state index in [1.54, 1.807) is 13.0 Å². The summed E-state index contributed by atoms with van der Waals surface area (Å²) in [4.78, 5) is 22.3. The van der Waals surface area contributed by atoms with Gasteiger partial charge in [-0.15, -0.1) is 0 Å². The van der Waals surface area contributed by atoms with Crippen LogP contribution in [0.2, 0.25) is 0 Å². The first-order valence-electron chi connectivity index (χ1n) is 5.12. The lowest BCUT2D eigenvalue weighted by Crippen LogP contribution is -2.30. The Kier molecular flexibility index (Phi) is 2.58. The second-order valence-corrected chi connectivity index (χ2v) is 3.91. The summed E-state index contributed by atoms with van der Waals surface area (Å²) in [5, 5.41) is 2.89. The van der Waals surface area contributed by atoms with E-state index in [2.05, 4.69) is 5.32 Å². The Bertz CT molecular complexity index is 395. The molecule has 0 radical (unpaired) electrons. The summed E-state index contributed by atoms with van der Waals surface area (Å²) < 4.78 is 1.90. The molecule has 4 nitrogen and oxygen atoms in total. The van der Waals surface area contributed by atoms with E-state index in [4.69, 9.17) is 0 Å². The summed E-state index contributed by atoms with van der Waals surface area (Å²) in [6.07, 6.45) is 3.33. The first-order valence-corrected chi connectivity index (χ1v) is 5.12. The third kappa shape index (κ3) is 2.09. The summed E-state index contributed by atoms with van der Waals surface area (Å²) in [6, 6.07) is 3.83. The molecule has 1 aromatic heterocycles. The van der Waals surface area contributed by atoms with Gasteiger partial charge in [-0.2, -0.15) is 0 Å². The molecule has 0 aromatic carbocycles. The van der Waals surface area contributed by atoms with Crippen LogP contribution in [-0.2, 0) is 11.3 Å². The van der Waals surface area contributed by atoms with Crippen molar-refractivity contribution in [2.24, 2.45) is 0 Å². The van der Waals surface area contributed by atoms with E-state index in [0.717, 1.165) is 6.42 Å². The number of rotatable bonds is 3. The Morgan fingerprint density at radius 2 is 2.47 bits per heavy atom. The van der Waals surface area contributed by atoms with Crippen molar-refractivity contribution in [3.8, 4) is 0 Å². The van der Waals surface area contributed by atoms with Crippen LogP contribution in [0.5, 0.6) is 0 Å². The lowest BCUT2D eigenvalue weighted by atomic mass is 10.2. The lowest BCUT2D eigenvalue weighted by Gasteiger charge is -2.13. The molecule has 1 amide bonds. The summed E-state index contributed by atoms with van der Waals surface area (Å²) in [5.74, 6) is 0.167. The largest absolute Gasteiger partial charge is 0.352 e. The number of amides is 1. The van der Waals surface area contributed by atoms with Crippen LogP contribution in [0.4, 0.5) is 0 Å². The Morgan fingerprint density at radius 1 is 1.67 bits per heavy atom. The number of nitrogens with zero attached hydrogens (tertiary/aromatic N) is 1. The van der Waals surface area contributed by atoms with Gasteiger partial charge in [0, 0.05) is 32.1 Å². The number of hydrogen-bond acceptors (Lipinski definition) is 2. The van der Waals surface area contributed by atoms with Gasteiger partial charge >= 0.3 is 0 Å². The standard InChI is InChI=1S/C11H14N2O2/c1-8(14)10-3-2-6-13(10)7-9-4-5-11(15)12-9/h2-3,6,9H,4-5,7H2,1H3,(H,12,15). The molecule has 2 rings (SSSR count). The van der Waals surface area contributed by atoms with E-state index in [1.165, 1.54) is 0 Å². The molecule has 0 aliphatic carbocycles. The minimum atomic E-state index is 0.0596. The average molecular weight is 206 g/mol. The van der Waals surface area contributed by atoms with Crippen molar-refractivity contribution < 1.29 is 9.59 Å². The van der Waals surface area contributed by atoms with Gasteiger partial charge in [-0.1, -0.05) is 0 Å². The van der Waals surface area contributed by atoms with Crippen molar-refractivity contribution in [2.45, 2.75) is 32.4 Å². The highest BCUT2D eigenvalue weighted by Gasteiger charge is 2.21. The van der Waals surface area contributed by atoms with Crippen molar-refractivity contribution in [1.82, 2.24) is 9.88 Å².